The summed E-state index contributed by atoms with van der Waals surface area (Å²) in [6.07, 6.45) is 3.40. The monoisotopic (exact) mass is 600 g/mol. The molecular weight excluding hydrogens is 572 g/mol. The number of nitrogens with one attached hydrogen (secondary N) is 1. The highest BCUT2D eigenvalue weighted by atomic mass is 79.9. The lowest BCUT2D eigenvalue weighted by Crippen LogP contribution is -2.54. The number of esters is 1. The Bertz CT molecular complexity index is 1320. The molecule has 39 heavy (non-hydrogen) atoms. The normalized spacial score (nSPS) is 14.2. The van der Waals surface area contributed by atoms with Gasteiger partial charge in [-0.15, -0.1) is 6.58 Å². The van der Waals surface area contributed by atoms with Crippen LogP contribution in [0.2, 0.25) is 0 Å². The predicted octanol–water partition coefficient (Wildman–Crippen LogP) is 4.58. The topological polar surface area (TPSA) is 120 Å². The molecule has 0 unspecified atom stereocenters. The number of carbonyl (C=O) groups is 4. The molecule has 10 nitrogen and oxygen atoms in total. The first-order chi connectivity index (χ1) is 18.7. The second-order valence-corrected chi connectivity index (χ2v) is 8.89. The van der Waals surface area contributed by atoms with E-state index in [1.165, 1.54) is 12.1 Å². The summed E-state index contributed by atoms with van der Waals surface area (Å²) in [6, 6.07) is 7.18. The number of urea groups is 1. The lowest BCUT2D eigenvalue weighted by Gasteiger charge is -2.28. The minimum absolute atomic E-state index is 0.139. The third-order valence-corrected chi connectivity index (χ3v) is 5.93. The number of imide groups is 2. The Morgan fingerprint density at radius 1 is 1.03 bits per heavy atom. The number of ether oxygens (including phenoxy) is 4. The van der Waals surface area contributed by atoms with E-state index in [-0.39, 0.29) is 36.8 Å². The van der Waals surface area contributed by atoms with Crippen LogP contribution in [0, 0.1) is 0 Å². The van der Waals surface area contributed by atoms with Crippen LogP contribution >= 0.6 is 15.9 Å². The summed E-state index contributed by atoms with van der Waals surface area (Å²) in [7, 11) is 0. The van der Waals surface area contributed by atoms with Crippen molar-refractivity contribution in [1.29, 1.82) is 0 Å². The zero-order valence-corrected chi connectivity index (χ0v) is 23.5. The van der Waals surface area contributed by atoms with Gasteiger partial charge in [-0.1, -0.05) is 6.08 Å². The summed E-state index contributed by atoms with van der Waals surface area (Å²) < 4.78 is 22.2. The Morgan fingerprint density at radius 2 is 1.77 bits per heavy atom. The molecule has 0 saturated carbocycles. The number of halogens is 1. The van der Waals surface area contributed by atoms with E-state index >= 15 is 0 Å². The fraction of sp³-hybridized carbons (Fsp3) is 0.286. The van der Waals surface area contributed by atoms with Crippen LogP contribution in [0.5, 0.6) is 17.2 Å². The molecule has 1 fully saturated rings. The molecule has 0 bridgehead atoms. The van der Waals surface area contributed by atoms with Gasteiger partial charge in [0.2, 0.25) is 0 Å². The van der Waals surface area contributed by atoms with Gasteiger partial charge in [0.1, 0.15) is 22.8 Å². The second-order valence-electron chi connectivity index (χ2n) is 8.03. The first-order valence-electron chi connectivity index (χ1n) is 12.3. The molecule has 2 aromatic carbocycles. The third-order valence-electron chi connectivity index (χ3n) is 5.34. The van der Waals surface area contributed by atoms with Crippen molar-refractivity contribution >= 4 is 51.5 Å². The molecule has 1 N–H and O–H groups in total. The predicted molar refractivity (Wildman–Crippen MR) is 148 cm³/mol. The van der Waals surface area contributed by atoms with E-state index in [1.54, 1.807) is 51.1 Å². The summed E-state index contributed by atoms with van der Waals surface area (Å²) >= 11 is 3.44. The summed E-state index contributed by atoms with van der Waals surface area (Å²) in [4.78, 5) is 51.8. The Labute approximate surface area is 234 Å². The molecule has 11 heteroatoms. The van der Waals surface area contributed by atoms with E-state index < -0.39 is 23.8 Å². The van der Waals surface area contributed by atoms with Gasteiger partial charge in [-0.2, -0.15) is 0 Å². The maximum absolute atomic E-state index is 13.6. The quantitative estimate of drug-likeness (QED) is 0.163. The summed E-state index contributed by atoms with van der Waals surface area (Å²) in [5.74, 6) is -1.09. The van der Waals surface area contributed by atoms with E-state index in [2.05, 4.69) is 27.8 Å². The molecular formula is C28H29BrN2O8. The highest BCUT2D eigenvalue weighted by Gasteiger charge is 2.38. The molecule has 1 aliphatic rings. The molecule has 3 rings (SSSR count). The van der Waals surface area contributed by atoms with Crippen molar-refractivity contribution < 1.29 is 38.1 Å². The summed E-state index contributed by atoms with van der Waals surface area (Å²) in [5, 5.41) is 2.22. The van der Waals surface area contributed by atoms with Crippen molar-refractivity contribution in [2.24, 2.45) is 0 Å². The number of rotatable bonds is 12. The Morgan fingerprint density at radius 3 is 2.44 bits per heavy atom. The molecule has 206 valence electrons. The van der Waals surface area contributed by atoms with Gasteiger partial charge in [0.15, 0.2) is 6.61 Å². The van der Waals surface area contributed by atoms with Gasteiger partial charge in [0.05, 0.1) is 30.0 Å². The highest BCUT2D eigenvalue weighted by Crippen LogP contribution is 2.36. The van der Waals surface area contributed by atoms with Crippen molar-refractivity contribution in [3.8, 4) is 17.2 Å². The Hall–Kier alpha value is -4.12. The van der Waals surface area contributed by atoms with Crippen molar-refractivity contribution in [2.45, 2.75) is 27.2 Å². The molecule has 0 atom stereocenters. The molecule has 1 heterocycles. The number of carbonyl (C=O) groups excluding carboxylic acids is 4. The smallest absolute Gasteiger partial charge is 0.344 e. The SMILES string of the molecule is C=CCc1cc(/C=C2\C(=O)NC(=O)N(c3cc(OCC)ccc3OCC)C2=O)cc(Br)c1OCC(=O)OCC. The van der Waals surface area contributed by atoms with E-state index in [0.29, 0.717) is 40.1 Å². The van der Waals surface area contributed by atoms with Gasteiger partial charge in [-0.05, 0) is 84.6 Å². The number of amides is 4. The number of anilines is 1. The lowest BCUT2D eigenvalue weighted by atomic mass is 10.0. The number of hydrogen-bond acceptors (Lipinski definition) is 8. The largest absolute Gasteiger partial charge is 0.494 e. The van der Waals surface area contributed by atoms with Crippen LogP contribution in [0.1, 0.15) is 31.9 Å². The van der Waals surface area contributed by atoms with Crippen LogP contribution in [0.15, 0.2) is 53.0 Å². The average Bonchev–Trinajstić information content (AvgIpc) is 2.88. The van der Waals surface area contributed by atoms with E-state index in [9.17, 15) is 19.2 Å². The molecule has 0 aromatic heterocycles. The van der Waals surface area contributed by atoms with Crippen LogP contribution in [-0.2, 0) is 25.5 Å². The molecule has 4 amide bonds. The van der Waals surface area contributed by atoms with Gasteiger partial charge >= 0.3 is 12.0 Å². The maximum Gasteiger partial charge on any atom is 0.344 e. The van der Waals surface area contributed by atoms with Crippen molar-refractivity contribution in [1.82, 2.24) is 5.32 Å². The Balaban J connectivity index is 2.02. The summed E-state index contributed by atoms with van der Waals surface area (Å²) in [5.41, 5.74) is 0.994. The summed E-state index contributed by atoms with van der Waals surface area (Å²) in [6.45, 7) is 9.63. The van der Waals surface area contributed by atoms with Crippen molar-refractivity contribution in [2.75, 3.05) is 31.3 Å². The van der Waals surface area contributed by atoms with Gasteiger partial charge in [0.25, 0.3) is 11.8 Å². The van der Waals surface area contributed by atoms with Crippen LogP contribution in [0.4, 0.5) is 10.5 Å². The van der Waals surface area contributed by atoms with Crippen LogP contribution < -0.4 is 24.4 Å². The first-order valence-corrected chi connectivity index (χ1v) is 13.1. The molecule has 0 spiro atoms. The standard InChI is InChI=1S/C28H29BrN2O8/c1-5-9-18-12-17(14-21(29)25(18)39-16-24(32)38-8-4)13-20-26(33)30-28(35)31(27(20)34)22-15-19(36-6-2)10-11-23(22)37-7-3/h5,10-15H,1,6-9,16H2,2-4H3,(H,30,33,35)/b20-13+. The van der Waals surface area contributed by atoms with Crippen molar-refractivity contribution in [3.05, 3.63) is 64.2 Å². The molecule has 1 aliphatic heterocycles. The zero-order valence-electron chi connectivity index (χ0n) is 21.9. The minimum atomic E-state index is -0.909. The maximum atomic E-state index is 13.6. The van der Waals surface area contributed by atoms with Crippen LogP contribution in [0.3, 0.4) is 0 Å². The average molecular weight is 601 g/mol. The van der Waals surface area contributed by atoms with Gasteiger partial charge in [-0.25, -0.2) is 14.5 Å². The number of barbiturate groups is 1. The molecule has 0 aliphatic carbocycles. The third kappa shape index (κ3) is 7.05. The van der Waals surface area contributed by atoms with Gasteiger partial charge in [-0.3, -0.25) is 14.9 Å². The van der Waals surface area contributed by atoms with Crippen LogP contribution in [0.25, 0.3) is 6.08 Å². The van der Waals surface area contributed by atoms with Crippen LogP contribution in [-0.4, -0.2) is 50.2 Å². The molecule has 1 saturated heterocycles. The fourth-order valence-corrected chi connectivity index (χ4v) is 4.44. The fourth-order valence-electron chi connectivity index (χ4n) is 3.81. The van der Waals surface area contributed by atoms with E-state index in [1.807, 2.05) is 0 Å². The highest BCUT2D eigenvalue weighted by molar-refractivity contribution is 9.10. The lowest BCUT2D eigenvalue weighted by molar-refractivity contribution is -0.145. The van der Waals surface area contributed by atoms with Crippen molar-refractivity contribution in [3.63, 3.8) is 0 Å². The van der Waals surface area contributed by atoms with Gasteiger partial charge < -0.3 is 18.9 Å². The number of allylic oxidation sites excluding steroid dienone is 1. The van der Waals surface area contributed by atoms with E-state index in [4.69, 9.17) is 18.9 Å². The zero-order chi connectivity index (χ0) is 28.5. The molecule has 2 aromatic rings. The Kier molecular flexibility index (Phi) is 10.3. The second kappa shape index (κ2) is 13.6. The van der Waals surface area contributed by atoms with Gasteiger partial charge in [0, 0.05) is 6.07 Å². The molecule has 0 radical (unpaired) electrons. The number of benzene rings is 2. The van der Waals surface area contributed by atoms with E-state index in [0.717, 1.165) is 4.90 Å². The number of nitrogens with zero attached hydrogens (tertiary/aromatic N) is 1. The minimum Gasteiger partial charge on any atom is -0.494 e. The number of hydrogen-bond donors (Lipinski definition) is 1. The first kappa shape index (κ1) is 29.4.